The molecule has 1 aliphatic heterocycles. The standard InChI is InChI=1S/C26H28N4O3/c31-25(19-33-22-9-3-1-4-10-22)29-21-11-12-24(30-14-5-2-6-15-30)23(16-21)26(32)28-18-20-8-7-13-27-17-20/h1,3-4,7-13,16-17H,2,5-6,14-15,18-19H2,(H,28,32)(H,29,31). The van der Waals surface area contributed by atoms with Crippen LogP contribution in [0, 0.1) is 0 Å². The second-order valence-electron chi connectivity index (χ2n) is 7.97. The molecule has 2 heterocycles. The summed E-state index contributed by atoms with van der Waals surface area (Å²) < 4.78 is 5.52. The lowest BCUT2D eigenvalue weighted by Crippen LogP contribution is -2.33. The van der Waals surface area contributed by atoms with Crippen molar-refractivity contribution < 1.29 is 14.3 Å². The number of carbonyl (C=O) groups excluding carboxylic acids is 2. The predicted molar refractivity (Wildman–Crippen MR) is 128 cm³/mol. The number of piperidine rings is 1. The molecule has 170 valence electrons. The number of benzene rings is 2. The third-order valence-electron chi connectivity index (χ3n) is 5.51. The maximum Gasteiger partial charge on any atom is 0.262 e. The fourth-order valence-electron chi connectivity index (χ4n) is 3.85. The van der Waals surface area contributed by atoms with E-state index in [1.54, 1.807) is 30.6 Å². The number of nitrogens with one attached hydrogen (secondary N) is 2. The number of rotatable bonds is 8. The molecule has 2 N–H and O–H groups in total. The van der Waals surface area contributed by atoms with Crippen LogP contribution in [0.2, 0.25) is 0 Å². The van der Waals surface area contributed by atoms with Gasteiger partial charge in [-0.1, -0.05) is 24.3 Å². The normalized spacial score (nSPS) is 13.3. The van der Waals surface area contributed by atoms with Crippen LogP contribution in [0.1, 0.15) is 35.2 Å². The number of aromatic nitrogens is 1. The summed E-state index contributed by atoms with van der Waals surface area (Å²) in [5.41, 5.74) is 2.91. The van der Waals surface area contributed by atoms with Crippen molar-refractivity contribution in [2.75, 3.05) is 29.9 Å². The molecule has 1 aromatic heterocycles. The third kappa shape index (κ3) is 6.32. The second-order valence-corrected chi connectivity index (χ2v) is 7.97. The minimum absolute atomic E-state index is 0.111. The summed E-state index contributed by atoms with van der Waals surface area (Å²) in [6, 6.07) is 18.4. The Bertz CT molecular complexity index is 1070. The van der Waals surface area contributed by atoms with Crippen molar-refractivity contribution in [2.24, 2.45) is 0 Å². The first-order valence-electron chi connectivity index (χ1n) is 11.2. The number of nitrogens with zero attached hydrogens (tertiary/aromatic N) is 2. The maximum absolute atomic E-state index is 13.1. The van der Waals surface area contributed by atoms with E-state index in [1.165, 1.54) is 6.42 Å². The van der Waals surface area contributed by atoms with Gasteiger partial charge in [-0.05, 0) is 61.2 Å². The van der Waals surface area contributed by atoms with Crippen molar-refractivity contribution in [3.63, 3.8) is 0 Å². The SMILES string of the molecule is O=C(COc1ccccc1)Nc1ccc(N2CCCCC2)c(C(=O)NCc2cccnc2)c1. The Kier molecular flexibility index (Phi) is 7.53. The van der Waals surface area contributed by atoms with Gasteiger partial charge in [-0.25, -0.2) is 0 Å². The molecule has 1 fully saturated rings. The van der Waals surface area contributed by atoms with Crippen LogP contribution < -0.4 is 20.3 Å². The first-order valence-corrected chi connectivity index (χ1v) is 11.2. The van der Waals surface area contributed by atoms with Crippen LogP contribution in [0.4, 0.5) is 11.4 Å². The van der Waals surface area contributed by atoms with Gasteiger partial charge in [0.05, 0.1) is 5.56 Å². The number of hydrogen-bond donors (Lipinski definition) is 2. The molecule has 7 nitrogen and oxygen atoms in total. The Hall–Kier alpha value is -3.87. The fraction of sp³-hybridized carbons (Fsp3) is 0.269. The molecule has 0 atom stereocenters. The van der Waals surface area contributed by atoms with E-state index in [0.29, 0.717) is 23.5 Å². The topological polar surface area (TPSA) is 83.6 Å². The lowest BCUT2D eigenvalue weighted by Gasteiger charge is -2.30. The molecule has 2 amide bonds. The summed E-state index contributed by atoms with van der Waals surface area (Å²) in [4.78, 5) is 31.9. The average molecular weight is 445 g/mol. The molecule has 0 unspecified atom stereocenters. The van der Waals surface area contributed by atoms with Crippen molar-refractivity contribution in [2.45, 2.75) is 25.8 Å². The van der Waals surface area contributed by atoms with E-state index in [-0.39, 0.29) is 18.4 Å². The Morgan fingerprint density at radius 3 is 2.55 bits per heavy atom. The van der Waals surface area contributed by atoms with Gasteiger partial charge in [-0.3, -0.25) is 14.6 Å². The third-order valence-corrected chi connectivity index (χ3v) is 5.51. The molecule has 4 rings (SSSR count). The lowest BCUT2D eigenvalue weighted by molar-refractivity contribution is -0.118. The van der Waals surface area contributed by atoms with Gasteiger partial charge in [0.1, 0.15) is 5.75 Å². The summed E-state index contributed by atoms with van der Waals surface area (Å²) in [6.07, 6.45) is 6.84. The Balaban J connectivity index is 1.47. The van der Waals surface area contributed by atoms with Crippen LogP contribution >= 0.6 is 0 Å². The molecule has 0 aliphatic carbocycles. The largest absolute Gasteiger partial charge is 0.484 e. The van der Waals surface area contributed by atoms with Crippen LogP contribution in [0.5, 0.6) is 5.75 Å². The molecule has 2 aromatic carbocycles. The molecular formula is C26H28N4O3. The van der Waals surface area contributed by atoms with E-state index in [2.05, 4.69) is 20.5 Å². The second kappa shape index (κ2) is 11.1. The zero-order valence-electron chi connectivity index (χ0n) is 18.5. The van der Waals surface area contributed by atoms with Crippen LogP contribution in [0.3, 0.4) is 0 Å². The van der Waals surface area contributed by atoms with E-state index in [9.17, 15) is 9.59 Å². The lowest BCUT2D eigenvalue weighted by atomic mass is 10.1. The van der Waals surface area contributed by atoms with E-state index in [4.69, 9.17) is 4.74 Å². The number of ether oxygens (including phenoxy) is 1. The van der Waals surface area contributed by atoms with Gasteiger partial charge >= 0.3 is 0 Å². The van der Waals surface area contributed by atoms with Crippen LogP contribution in [0.25, 0.3) is 0 Å². The average Bonchev–Trinajstić information content (AvgIpc) is 2.88. The first kappa shape index (κ1) is 22.3. The molecule has 3 aromatic rings. The zero-order valence-corrected chi connectivity index (χ0v) is 18.5. The number of hydrogen-bond acceptors (Lipinski definition) is 5. The van der Waals surface area contributed by atoms with Crippen molar-refractivity contribution in [3.05, 3.63) is 84.2 Å². The van der Waals surface area contributed by atoms with Gasteiger partial charge in [-0.2, -0.15) is 0 Å². The highest BCUT2D eigenvalue weighted by atomic mass is 16.5. The minimum Gasteiger partial charge on any atom is -0.484 e. The van der Waals surface area contributed by atoms with Crippen LogP contribution in [-0.4, -0.2) is 36.5 Å². The summed E-state index contributed by atoms with van der Waals surface area (Å²) in [7, 11) is 0. The Morgan fingerprint density at radius 1 is 0.970 bits per heavy atom. The molecule has 0 bridgehead atoms. The molecule has 0 radical (unpaired) electrons. The fourth-order valence-corrected chi connectivity index (χ4v) is 3.85. The summed E-state index contributed by atoms with van der Waals surface area (Å²) in [5.74, 6) is 0.158. The van der Waals surface area contributed by atoms with Crippen molar-refractivity contribution in [3.8, 4) is 5.75 Å². The highest BCUT2D eigenvalue weighted by molar-refractivity contribution is 6.02. The minimum atomic E-state index is -0.286. The number of amides is 2. The predicted octanol–water partition coefficient (Wildman–Crippen LogP) is 4.02. The zero-order chi connectivity index (χ0) is 22.9. The Labute approximate surface area is 193 Å². The van der Waals surface area contributed by atoms with E-state index < -0.39 is 0 Å². The van der Waals surface area contributed by atoms with Gasteiger partial charge in [0.15, 0.2) is 6.61 Å². The number of anilines is 2. The molecule has 7 heteroatoms. The van der Waals surface area contributed by atoms with Crippen molar-refractivity contribution in [1.82, 2.24) is 10.3 Å². The van der Waals surface area contributed by atoms with Crippen LogP contribution in [0.15, 0.2) is 73.1 Å². The van der Waals surface area contributed by atoms with E-state index in [0.717, 1.165) is 37.2 Å². The van der Waals surface area contributed by atoms with Gasteiger partial charge in [-0.15, -0.1) is 0 Å². The molecule has 0 spiro atoms. The molecule has 33 heavy (non-hydrogen) atoms. The summed E-state index contributed by atoms with van der Waals surface area (Å²) in [6.45, 7) is 2.10. The molecule has 1 aliphatic rings. The highest BCUT2D eigenvalue weighted by Crippen LogP contribution is 2.27. The van der Waals surface area contributed by atoms with Crippen LogP contribution in [-0.2, 0) is 11.3 Å². The van der Waals surface area contributed by atoms with Gasteiger partial charge in [0.2, 0.25) is 0 Å². The number of carbonyl (C=O) groups is 2. The highest BCUT2D eigenvalue weighted by Gasteiger charge is 2.20. The smallest absolute Gasteiger partial charge is 0.262 e. The maximum atomic E-state index is 13.1. The number of pyridine rings is 1. The Morgan fingerprint density at radius 2 is 1.79 bits per heavy atom. The molecule has 0 saturated carbocycles. The van der Waals surface area contributed by atoms with Crippen molar-refractivity contribution >= 4 is 23.2 Å². The van der Waals surface area contributed by atoms with E-state index in [1.807, 2.05) is 42.5 Å². The van der Waals surface area contributed by atoms with Gasteiger partial charge in [0, 0.05) is 43.4 Å². The van der Waals surface area contributed by atoms with Gasteiger partial charge < -0.3 is 20.3 Å². The first-order chi connectivity index (χ1) is 16.2. The summed E-state index contributed by atoms with van der Waals surface area (Å²) in [5, 5.41) is 5.82. The molecular weight excluding hydrogens is 416 g/mol. The summed E-state index contributed by atoms with van der Waals surface area (Å²) >= 11 is 0. The number of para-hydroxylation sites is 1. The van der Waals surface area contributed by atoms with E-state index >= 15 is 0 Å². The van der Waals surface area contributed by atoms with Crippen molar-refractivity contribution in [1.29, 1.82) is 0 Å². The van der Waals surface area contributed by atoms with Gasteiger partial charge in [0.25, 0.3) is 11.8 Å². The monoisotopic (exact) mass is 444 g/mol. The molecule has 1 saturated heterocycles. The quantitative estimate of drug-likeness (QED) is 0.548.